The van der Waals surface area contributed by atoms with Gasteiger partial charge in [-0.3, -0.25) is 8.98 Å². The first kappa shape index (κ1) is 23.8. The van der Waals surface area contributed by atoms with Crippen LogP contribution in [0.4, 0.5) is 5.82 Å². The maximum atomic E-state index is 13.4. The topological polar surface area (TPSA) is 154 Å². The van der Waals surface area contributed by atoms with Crippen LogP contribution in [0.15, 0.2) is 24.0 Å². The number of carbonyl (C=O) groups excluding carboxylic acids is 1. The number of carbonyl (C=O) groups is 1. The molecule has 4 N–H and O–H groups in total. The van der Waals surface area contributed by atoms with Crippen LogP contribution in [0, 0.1) is 11.8 Å². The number of hydrogen-bond donors (Lipinski definition) is 3. The molecule has 0 bridgehead atoms. The third-order valence-corrected chi connectivity index (χ3v) is 8.40. The van der Waals surface area contributed by atoms with E-state index in [-0.39, 0.29) is 24.0 Å². The van der Waals surface area contributed by atoms with Crippen LogP contribution in [0.2, 0.25) is 0 Å². The molecule has 34 heavy (non-hydrogen) atoms. The van der Waals surface area contributed by atoms with E-state index in [0.29, 0.717) is 35.0 Å². The molecule has 4 atom stereocenters. The smallest absolute Gasteiger partial charge is 0.333 e. The van der Waals surface area contributed by atoms with E-state index in [0.717, 1.165) is 37.9 Å². The summed E-state index contributed by atoms with van der Waals surface area (Å²) >= 11 is 1.41. The second kappa shape index (κ2) is 9.25. The summed E-state index contributed by atoms with van der Waals surface area (Å²) < 4.78 is 33.0. The van der Waals surface area contributed by atoms with Crippen LogP contribution in [0.25, 0.3) is 0 Å². The standard InChI is InChI=1S/C22H28N4O6S2/c23-34(29,30)32-10-13-6-16(8-18(13)27)26-21-17(9-24-12-25-21)20(28)19-7-15(11-33-19)22(14-2-3-14)4-1-5-31-22/h7,9,11-14,16,18,27H,1-6,8,10H2,(H2,23,29,30)(H,24,25,26)/t13-,16-,18+,22-/m1/s1. The molecule has 3 heterocycles. The van der Waals surface area contributed by atoms with Gasteiger partial charge in [-0.2, -0.15) is 8.42 Å². The van der Waals surface area contributed by atoms with Gasteiger partial charge in [-0.15, -0.1) is 11.3 Å². The molecule has 5 rings (SSSR count). The van der Waals surface area contributed by atoms with Crippen molar-refractivity contribution < 1.29 is 27.2 Å². The van der Waals surface area contributed by atoms with Crippen LogP contribution < -0.4 is 10.5 Å². The van der Waals surface area contributed by atoms with Crippen molar-refractivity contribution >= 4 is 33.2 Å². The van der Waals surface area contributed by atoms with Crippen molar-refractivity contribution in [3.8, 4) is 0 Å². The van der Waals surface area contributed by atoms with Crippen LogP contribution >= 0.6 is 11.3 Å². The summed E-state index contributed by atoms with van der Waals surface area (Å²) in [4.78, 5) is 22.3. The number of hydrogen-bond acceptors (Lipinski definition) is 10. The first-order chi connectivity index (χ1) is 16.2. The van der Waals surface area contributed by atoms with Gasteiger partial charge in [0.25, 0.3) is 0 Å². The minimum atomic E-state index is -4.07. The summed E-state index contributed by atoms with van der Waals surface area (Å²) in [5.41, 5.74) is 1.18. The lowest BCUT2D eigenvalue weighted by Crippen LogP contribution is -2.26. The zero-order chi connectivity index (χ0) is 23.9. The fourth-order valence-corrected chi connectivity index (χ4v) is 6.49. The van der Waals surface area contributed by atoms with Gasteiger partial charge in [0.1, 0.15) is 12.1 Å². The molecule has 0 aromatic carbocycles. The van der Waals surface area contributed by atoms with Crippen molar-refractivity contribution in [3.05, 3.63) is 40.0 Å². The summed E-state index contributed by atoms with van der Waals surface area (Å²) in [6.45, 7) is 0.559. The second-order valence-electron chi connectivity index (χ2n) is 9.35. The lowest BCUT2D eigenvalue weighted by atomic mass is 9.87. The minimum Gasteiger partial charge on any atom is -0.393 e. The Kier molecular flexibility index (Phi) is 6.46. The third kappa shape index (κ3) is 4.88. The Bertz CT molecular complexity index is 1160. The van der Waals surface area contributed by atoms with Crippen LogP contribution in [0.1, 0.15) is 59.3 Å². The van der Waals surface area contributed by atoms with Crippen LogP contribution in [0.3, 0.4) is 0 Å². The van der Waals surface area contributed by atoms with Crippen molar-refractivity contribution in [1.82, 2.24) is 9.97 Å². The molecule has 1 aliphatic heterocycles. The van der Waals surface area contributed by atoms with Gasteiger partial charge in [-0.25, -0.2) is 15.1 Å². The second-order valence-corrected chi connectivity index (χ2v) is 11.5. The molecule has 2 aliphatic carbocycles. The van der Waals surface area contributed by atoms with Crippen molar-refractivity contribution in [2.45, 2.75) is 56.3 Å². The lowest BCUT2D eigenvalue weighted by Gasteiger charge is -2.27. The maximum Gasteiger partial charge on any atom is 0.333 e. The van der Waals surface area contributed by atoms with E-state index in [1.165, 1.54) is 23.9 Å². The monoisotopic (exact) mass is 508 g/mol. The number of nitrogens with zero attached hydrogens (tertiary/aromatic N) is 2. The third-order valence-electron chi connectivity index (χ3n) is 7.00. The van der Waals surface area contributed by atoms with Gasteiger partial charge in [0.05, 0.1) is 28.8 Å². The van der Waals surface area contributed by atoms with E-state index in [4.69, 9.17) is 9.88 Å². The summed E-state index contributed by atoms with van der Waals surface area (Å²) in [7, 11) is -4.07. The van der Waals surface area contributed by atoms with Crippen LogP contribution in [-0.4, -0.2) is 54.6 Å². The Morgan fingerprint density at radius 1 is 1.38 bits per heavy atom. The highest BCUT2D eigenvalue weighted by atomic mass is 32.2. The highest BCUT2D eigenvalue weighted by Gasteiger charge is 2.50. The molecule has 2 aromatic heterocycles. The van der Waals surface area contributed by atoms with Gasteiger partial charge >= 0.3 is 10.3 Å². The van der Waals surface area contributed by atoms with Crippen LogP contribution in [-0.2, 0) is 24.8 Å². The van der Waals surface area contributed by atoms with E-state index < -0.39 is 22.3 Å². The molecule has 3 aliphatic rings. The van der Waals surface area contributed by atoms with E-state index >= 15 is 0 Å². The Labute approximate surface area is 202 Å². The van der Waals surface area contributed by atoms with E-state index in [1.54, 1.807) is 0 Å². The van der Waals surface area contributed by atoms with E-state index in [9.17, 15) is 18.3 Å². The predicted molar refractivity (Wildman–Crippen MR) is 125 cm³/mol. The fourth-order valence-electron chi connectivity index (χ4n) is 5.19. The largest absolute Gasteiger partial charge is 0.393 e. The molecule has 12 heteroatoms. The molecule has 3 fully saturated rings. The molecule has 0 amide bonds. The summed E-state index contributed by atoms with van der Waals surface area (Å²) in [6, 6.07) is 1.74. The number of ether oxygens (including phenoxy) is 1. The Balaban J connectivity index is 1.30. The van der Waals surface area contributed by atoms with Crippen LogP contribution in [0.5, 0.6) is 0 Å². The molecule has 10 nitrogen and oxygen atoms in total. The van der Waals surface area contributed by atoms with Gasteiger partial charge in [0.2, 0.25) is 5.78 Å². The number of anilines is 1. The molecular weight excluding hydrogens is 480 g/mol. The summed E-state index contributed by atoms with van der Waals surface area (Å²) in [5, 5.41) is 20.5. The number of rotatable bonds is 9. The Morgan fingerprint density at radius 3 is 2.91 bits per heavy atom. The first-order valence-corrected chi connectivity index (χ1v) is 13.8. The average molecular weight is 509 g/mol. The maximum absolute atomic E-state index is 13.4. The highest BCUT2D eigenvalue weighted by molar-refractivity contribution is 7.84. The van der Waals surface area contributed by atoms with Gasteiger partial charge in [-0.1, -0.05) is 0 Å². The average Bonchev–Trinajstić information content (AvgIpc) is 3.20. The number of aliphatic hydroxyl groups excluding tert-OH is 1. The first-order valence-electron chi connectivity index (χ1n) is 11.4. The van der Waals surface area contributed by atoms with Gasteiger partial charge in [-0.05, 0) is 61.5 Å². The Hall–Kier alpha value is -1.96. The quantitative estimate of drug-likeness (QED) is 0.431. The molecule has 0 unspecified atom stereocenters. The lowest BCUT2D eigenvalue weighted by molar-refractivity contribution is -0.0190. The van der Waals surface area contributed by atoms with Gasteiger partial charge < -0.3 is 15.2 Å². The normalized spacial score (nSPS) is 29.4. The molecular formula is C22H28N4O6S2. The fraction of sp³-hybridized carbons (Fsp3) is 0.591. The number of ketones is 1. The number of thiophene rings is 1. The van der Waals surface area contributed by atoms with E-state index in [1.807, 2.05) is 11.4 Å². The molecule has 0 radical (unpaired) electrons. The summed E-state index contributed by atoms with van der Waals surface area (Å²) in [6.07, 6.45) is 7.25. The zero-order valence-electron chi connectivity index (χ0n) is 18.6. The van der Waals surface area contributed by atoms with Crippen molar-refractivity contribution in [2.75, 3.05) is 18.5 Å². The van der Waals surface area contributed by atoms with Crippen molar-refractivity contribution in [1.29, 1.82) is 0 Å². The van der Waals surface area contributed by atoms with Crippen molar-refractivity contribution in [3.63, 3.8) is 0 Å². The number of aliphatic hydroxyl groups is 1. The van der Waals surface area contributed by atoms with Crippen molar-refractivity contribution in [2.24, 2.45) is 17.0 Å². The zero-order valence-corrected chi connectivity index (χ0v) is 20.2. The van der Waals surface area contributed by atoms with E-state index in [2.05, 4.69) is 19.5 Å². The minimum absolute atomic E-state index is 0.170. The molecule has 1 saturated heterocycles. The molecule has 0 spiro atoms. The number of nitrogens with one attached hydrogen (secondary N) is 1. The molecule has 2 aromatic rings. The number of aromatic nitrogens is 2. The van der Waals surface area contributed by atoms with Gasteiger partial charge in [0, 0.05) is 24.8 Å². The van der Waals surface area contributed by atoms with Gasteiger partial charge in [0.15, 0.2) is 0 Å². The molecule has 2 saturated carbocycles. The predicted octanol–water partition coefficient (Wildman–Crippen LogP) is 1.96. The molecule has 184 valence electrons. The SMILES string of the molecule is NS(=O)(=O)OC[C@H]1C[C@@H](Nc2ncncc2C(=O)c2cc([C@]3(C4CC4)CCCO3)cs2)C[C@@H]1O. The Morgan fingerprint density at radius 2 is 2.21 bits per heavy atom. The number of nitrogens with two attached hydrogens (primary N) is 1. The highest BCUT2D eigenvalue weighted by Crippen LogP contribution is 2.54. The summed E-state index contributed by atoms with van der Waals surface area (Å²) in [5.74, 6) is 0.344.